The predicted octanol–water partition coefficient (Wildman–Crippen LogP) is 2.49. The summed E-state index contributed by atoms with van der Waals surface area (Å²) in [5.41, 5.74) is 0. The van der Waals surface area contributed by atoms with Crippen molar-refractivity contribution in [2.24, 2.45) is 5.92 Å². The maximum atomic E-state index is 12.5. The van der Waals surface area contributed by atoms with Crippen molar-refractivity contribution in [3.63, 3.8) is 0 Å². The molecule has 0 spiro atoms. The SMILES string of the molecule is CC(C)CN(CC(F)(F)F)C(=O)C(C)n1cccn1. The summed E-state index contributed by atoms with van der Waals surface area (Å²) in [6, 6.07) is 0.886. The number of amides is 1. The average Bonchev–Trinajstić information content (AvgIpc) is 2.76. The van der Waals surface area contributed by atoms with Gasteiger partial charge in [0.05, 0.1) is 0 Å². The van der Waals surface area contributed by atoms with Crippen LogP contribution in [0.25, 0.3) is 0 Å². The molecule has 0 N–H and O–H groups in total. The Hall–Kier alpha value is -1.53. The number of hydrogen-bond donors (Lipinski definition) is 0. The first-order chi connectivity index (χ1) is 8.70. The van der Waals surface area contributed by atoms with E-state index in [4.69, 9.17) is 0 Å². The number of aromatic nitrogens is 2. The number of halogens is 3. The molecule has 0 bridgehead atoms. The van der Waals surface area contributed by atoms with Crippen LogP contribution in [-0.2, 0) is 4.79 Å². The third kappa shape index (κ3) is 4.92. The topological polar surface area (TPSA) is 38.1 Å². The van der Waals surface area contributed by atoms with Crippen LogP contribution in [0.5, 0.6) is 0 Å². The highest BCUT2D eigenvalue weighted by Crippen LogP contribution is 2.20. The van der Waals surface area contributed by atoms with Crippen molar-refractivity contribution >= 4 is 5.91 Å². The Morgan fingerprint density at radius 1 is 1.37 bits per heavy atom. The Kier molecular flexibility index (Phi) is 4.97. The minimum absolute atomic E-state index is 0.0314. The fourth-order valence-electron chi connectivity index (χ4n) is 1.78. The Labute approximate surface area is 110 Å². The molecule has 1 heterocycles. The highest BCUT2D eigenvalue weighted by molar-refractivity contribution is 5.80. The van der Waals surface area contributed by atoms with Crippen LogP contribution >= 0.6 is 0 Å². The summed E-state index contributed by atoms with van der Waals surface area (Å²) < 4.78 is 38.9. The lowest BCUT2D eigenvalue weighted by atomic mass is 10.2. The quantitative estimate of drug-likeness (QED) is 0.829. The number of nitrogens with zero attached hydrogens (tertiary/aromatic N) is 3. The van der Waals surface area contributed by atoms with E-state index in [0.717, 1.165) is 4.90 Å². The number of alkyl halides is 3. The van der Waals surface area contributed by atoms with Gasteiger partial charge in [0.2, 0.25) is 5.91 Å². The molecule has 1 rings (SSSR count). The lowest BCUT2D eigenvalue weighted by Gasteiger charge is -2.28. The second-order valence-electron chi connectivity index (χ2n) is 4.89. The molecule has 0 aliphatic rings. The summed E-state index contributed by atoms with van der Waals surface area (Å²) in [6.45, 7) is 3.93. The summed E-state index contributed by atoms with van der Waals surface area (Å²) in [4.78, 5) is 13.0. The molecule has 1 atom stereocenters. The molecule has 19 heavy (non-hydrogen) atoms. The number of hydrogen-bond acceptors (Lipinski definition) is 2. The van der Waals surface area contributed by atoms with E-state index in [1.54, 1.807) is 33.0 Å². The average molecular weight is 277 g/mol. The summed E-state index contributed by atoms with van der Waals surface area (Å²) in [5.74, 6) is -0.606. The van der Waals surface area contributed by atoms with Crippen LogP contribution < -0.4 is 0 Å². The highest BCUT2D eigenvalue weighted by Gasteiger charge is 2.35. The molecule has 1 unspecified atom stereocenters. The summed E-state index contributed by atoms with van der Waals surface area (Å²) in [5, 5.41) is 3.88. The van der Waals surface area contributed by atoms with Gasteiger partial charge in [-0.2, -0.15) is 18.3 Å². The van der Waals surface area contributed by atoms with Gasteiger partial charge in [-0.3, -0.25) is 9.48 Å². The van der Waals surface area contributed by atoms with E-state index in [-0.39, 0.29) is 12.5 Å². The number of carbonyl (C=O) groups is 1. The van der Waals surface area contributed by atoms with Gasteiger partial charge in [0.15, 0.2) is 0 Å². The molecule has 1 aromatic heterocycles. The lowest BCUT2D eigenvalue weighted by molar-refractivity contribution is -0.164. The largest absolute Gasteiger partial charge is 0.406 e. The summed E-state index contributed by atoms with van der Waals surface area (Å²) in [6.07, 6.45) is -1.35. The second-order valence-corrected chi connectivity index (χ2v) is 4.89. The fraction of sp³-hybridized carbons (Fsp3) is 0.667. The van der Waals surface area contributed by atoms with Gasteiger partial charge in [0, 0.05) is 18.9 Å². The normalized spacial score (nSPS) is 13.6. The molecule has 7 heteroatoms. The van der Waals surface area contributed by atoms with Crippen LogP contribution in [-0.4, -0.2) is 39.9 Å². The zero-order valence-electron chi connectivity index (χ0n) is 11.2. The maximum absolute atomic E-state index is 12.5. The highest BCUT2D eigenvalue weighted by atomic mass is 19.4. The molecule has 108 valence electrons. The second kappa shape index (κ2) is 6.08. The Morgan fingerprint density at radius 2 is 2.00 bits per heavy atom. The van der Waals surface area contributed by atoms with Gasteiger partial charge in [0.25, 0.3) is 0 Å². The first-order valence-electron chi connectivity index (χ1n) is 6.05. The Morgan fingerprint density at radius 3 is 2.42 bits per heavy atom. The van der Waals surface area contributed by atoms with Gasteiger partial charge in [-0.15, -0.1) is 0 Å². The standard InChI is InChI=1S/C12H18F3N3O/c1-9(2)7-17(8-12(13,14)15)11(19)10(3)18-6-4-5-16-18/h4-6,9-10H,7-8H2,1-3H3. The molecule has 0 radical (unpaired) electrons. The summed E-state index contributed by atoms with van der Waals surface area (Å²) in [7, 11) is 0. The molecule has 0 aliphatic carbocycles. The van der Waals surface area contributed by atoms with Crippen LogP contribution in [0.1, 0.15) is 26.8 Å². The Bertz CT molecular complexity index is 401. The van der Waals surface area contributed by atoms with Crippen molar-refractivity contribution in [1.82, 2.24) is 14.7 Å². The predicted molar refractivity (Wildman–Crippen MR) is 64.4 cm³/mol. The lowest BCUT2D eigenvalue weighted by Crippen LogP contribution is -2.44. The van der Waals surface area contributed by atoms with Crippen molar-refractivity contribution in [3.8, 4) is 0 Å². The van der Waals surface area contributed by atoms with Gasteiger partial charge < -0.3 is 4.90 Å². The van der Waals surface area contributed by atoms with E-state index in [0.29, 0.717) is 0 Å². The van der Waals surface area contributed by atoms with Crippen LogP contribution in [0.3, 0.4) is 0 Å². The van der Waals surface area contributed by atoms with Gasteiger partial charge in [0.1, 0.15) is 12.6 Å². The van der Waals surface area contributed by atoms with Gasteiger partial charge in [-0.25, -0.2) is 0 Å². The molecule has 4 nitrogen and oxygen atoms in total. The third-order valence-electron chi connectivity index (χ3n) is 2.55. The molecule has 1 aromatic rings. The van der Waals surface area contributed by atoms with Crippen molar-refractivity contribution < 1.29 is 18.0 Å². The molecule has 0 fully saturated rings. The smallest absolute Gasteiger partial charge is 0.331 e. The molecular weight excluding hydrogens is 259 g/mol. The van der Waals surface area contributed by atoms with Crippen LogP contribution in [0.4, 0.5) is 13.2 Å². The van der Waals surface area contributed by atoms with Crippen LogP contribution in [0.2, 0.25) is 0 Å². The van der Waals surface area contributed by atoms with E-state index in [2.05, 4.69) is 5.10 Å². The third-order valence-corrected chi connectivity index (χ3v) is 2.55. The van der Waals surface area contributed by atoms with E-state index < -0.39 is 24.7 Å². The van der Waals surface area contributed by atoms with Crippen LogP contribution in [0.15, 0.2) is 18.5 Å². The van der Waals surface area contributed by atoms with Gasteiger partial charge >= 0.3 is 6.18 Å². The zero-order valence-corrected chi connectivity index (χ0v) is 11.2. The van der Waals surface area contributed by atoms with Crippen molar-refractivity contribution in [1.29, 1.82) is 0 Å². The molecule has 0 saturated carbocycles. The first-order valence-corrected chi connectivity index (χ1v) is 6.05. The minimum Gasteiger partial charge on any atom is -0.331 e. The Balaban J connectivity index is 2.81. The maximum Gasteiger partial charge on any atom is 0.406 e. The van der Waals surface area contributed by atoms with E-state index >= 15 is 0 Å². The number of rotatable bonds is 5. The molecule has 0 saturated heterocycles. The van der Waals surface area contributed by atoms with Crippen molar-refractivity contribution in [2.45, 2.75) is 33.0 Å². The molecule has 0 aliphatic heterocycles. The van der Waals surface area contributed by atoms with E-state index in [1.807, 2.05) is 0 Å². The number of carbonyl (C=O) groups excluding carboxylic acids is 1. The van der Waals surface area contributed by atoms with E-state index in [9.17, 15) is 18.0 Å². The van der Waals surface area contributed by atoms with Crippen molar-refractivity contribution in [3.05, 3.63) is 18.5 Å². The molecule has 0 aromatic carbocycles. The monoisotopic (exact) mass is 277 g/mol. The van der Waals surface area contributed by atoms with Gasteiger partial charge in [-0.1, -0.05) is 13.8 Å². The van der Waals surface area contributed by atoms with Crippen molar-refractivity contribution in [2.75, 3.05) is 13.1 Å². The molecule has 1 amide bonds. The van der Waals surface area contributed by atoms with E-state index in [1.165, 1.54) is 10.9 Å². The van der Waals surface area contributed by atoms with Gasteiger partial charge in [-0.05, 0) is 18.9 Å². The first kappa shape index (κ1) is 15.5. The fourth-order valence-corrected chi connectivity index (χ4v) is 1.78. The summed E-state index contributed by atoms with van der Waals surface area (Å²) >= 11 is 0. The van der Waals surface area contributed by atoms with Crippen LogP contribution in [0, 0.1) is 5.92 Å². The minimum atomic E-state index is -4.39. The zero-order chi connectivity index (χ0) is 14.6. The molecular formula is C12H18F3N3O.